The van der Waals surface area contributed by atoms with Crippen LogP contribution in [0.15, 0.2) is 33.6 Å². The fraction of sp³-hybridized carbons (Fsp3) is 0.500. The molecule has 82 valence electrons. The highest BCUT2D eigenvalue weighted by molar-refractivity contribution is 9.10. The van der Waals surface area contributed by atoms with E-state index in [1.807, 2.05) is 24.3 Å². The number of hydrogen-bond donors (Lipinski definition) is 0. The Balaban J connectivity index is 1.97. The molecule has 0 heterocycles. The lowest BCUT2D eigenvalue weighted by atomic mass is 10.1. The minimum Gasteiger partial charge on any atom is -0.611 e. The van der Waals surface area contributed by atoms with Gasteiger partial charge in [-0.3, -0.25) is 0 Å². The van der Waals surface area contributed by atoms with Crippen LogP contribution in [0.5, 0.6) is 0 Å². The van der Waals surface area contributed by atoms with Crippen molar-refractivity contribution in [2.75, 3.05) is 5.75 Å². The Hall–Kier alpha value is 0.01000. The molecule has 0 N–H and O–H groups in total. The Labute approximate surface area is 103 Å². The van der Waals surface area contributed by atoms with E-state index in [0.29, 0.717) is 5.92 Å². The Morgan fingerprint density at radius 2 is 2.07 bits per heavy atom. The summed E-state index contributed by atoms with van der Waals surface area (Å²) in [6, 6.07) is 7.84. The van der Waals surface area contributed by atoms with Crippen LogP contribution in [0.3, 0.4) is 0 Å². The van der Waals surface area contributed by atoms with Crippen LogP contribution in [0.2, 0.25) is 0 Å². The molecule has 0 spiro atoms. The minimum atomic E-state index is -0.814. The van der Waals surface area contributed by atoms with E-state index in [0.717, 1.165) is 15.1 Å². The van der Waals surface area contributed by atoms with E-state index < -0.39 is 11.2 Å². The van der Waals surface area contributed by atoms with Gasteiger partial charge in [0.1, 0.15) is 5.75 Å². The average Bonchev–Trinajstić information content (AvgIpc) is 2.70. The van der Waals surface area contributed by atoms with E-state index in [9.17, 15) is 4.55 Å². The van der Waals surface area contributed by atoms with Gasteiger partial charge in [-0.2, -0.15) is 0 Å². The molecule has 1 aliphatic carbocycles. The maximum atomic E-state index is 12.0. The molecule has 1 aromatic carbocycles. The lowest BCUT2D eigenvalue weighted by Gasteiger charge is -2.14. The van der Waals surface area contributed by atoms with E-state index in [1.165, 1.54) is 25.7 Å². The van der Waals surface area contributed by atoms with Crippen LogP contribution in [0.1, 0.15) is 25.7 Å². The molecular weight excluding hydrogens is 272 g/mol. The Bertz CT molecular complexity index is 323. The van der Waals surface area contributed by atoms with Crippen molar-refractivity contribution in [3.63, 3.8) is 0 Å². The number of benzene rings is 1. The van der Waals surface area contributed by atoms with Crippen LogP contribution in [0.4, 0.5) is 0 Å². The summed E-state index contributed by atoms with van der Waals surface area (Å²) in [6.07, 6.45) is 5.17. The van der Waals surface area contributed by atoms with Crippen molar-refractivity contribution in [1.82, 2.24) is 0 Å². The van der Waals surface area contributed by atoms with Gasteiger partial charge in [0.25, 0.3) is 0 Å². The fourth-order valence-corrected chi connectivity index (χ4v) is 4.09. The highest BCUT2D eigenvalue weighted by atomic mass is 79.9. The molecule has 0 radical (unpaired) electrons. The maximum absolute atomic E-state index is 12.0. The van der Waals surface area contributed by atoms with Crippen LogP contribution >= 0.6 is 15.9 Å². The first-order valence-corrected chi connectivity index (χ1v) is 7.51. The van der Waals surface area contributed by atoms with Gasteiger partial charge in [-0.05, 0) is 36.2 Å². The predicted octanol–water partition coefficient (Wildman–Crippen LogP) is 3.75. The summed E-state index contributed by atoms with van der Waals surface area (Å²) in [5.74, 6) is 1.53. The first-order valence-electron chi connectivity index (χ1n) is 5.39. The topological polar surface area (TPSA) is 23.1 Å². The molecule has 2 rings (SSSR count). The van der Waals surface area contributed by atoms with Crippen molar-refractivity contribution in [2.24, 2.45) is 5.92 Å². The van der Waals surface area contributed by atoms with Crippen LogP contribution < -0.4 is 0 Å². The third-order valence-electron chi connectivity index (χ3n) is 2.92. The Morgan fingerprint density at radius 1 is 1.33 bits per heavy atom. The fourth-order valence-electron chi connectivity index (χ4n) is 2.10. The third kappa shape index (κ3) is 3.23. The van der Waals surface area contributed by atoms with Crippen molar-refractivity contribution >= 4 is 27.1 Å². The predicted molar refractivity (Wildman–Crippen MR) is 67.4 cm³/mol. The zero-order valence-electron chi connectivity index (χ0n) is 8.62. The first kappa shape index (κ1) is 11.5. The SMILES string of the molecule is [O-][S+](CC1CCCC1)c1cccc(Br)c1. The monoisotopic (exact) mass is 286 g/mol. The van der Waals surface area contributed by atoms with Crippen molar-refractivity contribution in [3.05, 3.63) is 28.7 Å². The Morgan fingerprint density at radius 3 is 2.73 bits per heavy atom. The van der Waals surface area contributed by atoms with Gasteiger partial charge in [-0.15, -0.1) is 0 Å². The Kier molecular flexibility index (Phi) is 4.12. The molecule has 1 saturated carbocycles. The molecule has 0 amide bonds. The number of halogens is 1. The highest BCUT2D eigenvalue weighted by Crippen LogP contribution is 2.28. The first-order chi connectivity index (χ1) is 7.25. The molecule has 1 fully saturated rings. The number of rotatable bonds is 3. The third-order valence-corrected chi connectivity index (χ3v) is 4.97. The van der Waals surface area contributed by atoms with Crippen molar-refractivity contribution in [3.8, 4) is 0 Å². The van der Waals surface area contributed by atoms with E-state index in [2.05, 4.69) is 15.9 Å². The molecule has 0 aromatic heterocycles. The maximum Gasteiger partial charge on any atom is 0.153 e. The van der Waals surface area contributed by atoms with Gasteiger partial charge >= 0.3 is 0 Å². The van der Waals surface area contributed by atoms with Gasteiger partial charge in [-0.25, -0.2) is 0 Å². The highest BCUT2D eigenvalue weighted by Gasteiger charge is 2.22. The molecule has 3 heteroatoms. The van der Waals surface area contributed by atoms with Gasteiger partial charge < -0.3 is 4.55 Å². The second-order valence-electron chi connectivity index (χ2n) is 4.12. The van der Waals surface area contributed by atoms with Gasteiger partial charge in [0, 0.05) is 16.5 Å². The molecule has 15 heavy (non-hydrogen) atoms. The summed E-state index contributed by atoms with van der Waals surface area (Å²) in [7, 11) is 0. The number of hydrogen-bond acceptors (Lipinski definition) is 1. The molecule has 1 unspecified atom stereocenters. The summed E-state index contributed by atoms with van der Waals surface area (Å²) in [5.41, 5.74) is 0. The summed E-state index contributed by atoms with van der Waals surface area (Å²) < 4.78 is 13.1. The minimum absolute atomic E-state index is 0.685. The molecule has 0 aliphatic heterocycles. The van der Waals surface area contributed by atoms with Gasteiger partial charge in [0.15, 0.2) is 4.90 Å². The zero-order chi connectivity index (χ0) is 10.7. The second-order valence-corrected chi connectivity index (χ2v) is 6.53. The van der Waals surface area contributed by atoms with Gasteiger partial charge in [-0.1, -0.05) is 34.8 Å². The van der Waals surface area contributed by atoms with E-state index >= 15 is 0 Å². The smallest absolute Gasteiger partial charge is 0.153 e. The zero-order valence-corrected chi connectivity index (χ0v) is 11.0. The van der Waals surface area contributed by atoms with E-state index in [4.69, 9.17) is 0 Å². The van der Waals surface area contributed by atoms with Crippen LogP contribution in [-0.2, 0) is 11.2 Å². The van der Waals surface area contributed by atoms with Crippen LogP contribution in [0.25, 0.3) is 0 Å². The second kappa shape index (κ2) is 5.37. The molecule has 0 saturated heterocycles. The van der Waals surface area contributed by atoms with Gasteiger partial charge in [0.05, 0.1) is 0 Å². The molecule has 1 aliphatic rings. The summed E-state index contributed by atoms with van der Waals surface area (Å²) >= 11 is 2.60. The summed E-state index contributed by atoms with van der Waals surface area (Å²) in [4.78, 5) is 0.955. The summed E-state index contributed by atoms with van der Waals surface area (Å²) in [6.45, 7) is 0. The lowest BCUT2D eigenvalue weighted by molar-refractivity contribution is 0.558. The molecule has 1 nitrogen and oxygen atoms in total. The molecule has 1 atom stereocenters. The average molecular weight is 287 g/mol. The van der Waals surface area contributed by atoms with Crippen LogP contribution in [-0.4, -0.2) is 10.3 Å². The molecular formula is C12H15BrOS. The standard InChI is InChI=1S/C12H15BrOS/c13-11-6-3-7-12(8-11)15(14)9-10-4-1-2-5-10/h3,6-8,10H,1-2,4-5,9H2. The lowest BCUT2D eigenvalue weighted by Crippen LogP contribution is -2.14. The van der Waals surface area contributed by atoms with Gasteiger partial charge in [0.2, 0.25) is 0 Å². The summed E-state index contributed by atoms with van der Waals surface area (Å²) in [5, 5.41) is 0. The van der Waals surface area contributed by atoms with E-state index in [-0.39, 0.29) is 0 Å². The van der Waals surface area contributed by atoms with Crippen molar-refractivity contribution in [1.29, 1.82) is 0 Å². The largest absolute Gasteiger partial charge is 0.611 e. The quantitative estimate of drug-likeness (QED) is 0.776. The van der Waals surface area contributed by atoms with Crippen molar-refractivity contribution < 1.29 is 4.55 Å². The molecule has 1 aromatic rings. The van der Waals surface area contributed by atoms with Crippen molar-refractivity contribution in [2.45, 2.75) is 30.6 Å². The normalized spacial score (nSPS) is 19.3. The van der Waals surface area contributed by atoms with Crippen LogP contribution in [0, 0.1) is 5.92 Å². The molecule has 0 bridgehead atoms. The van der Waals surface area contributed by atoms with E-state index in [1.54, 1.807) is 0 Å².